The van der Waals surface area contributed by atoms with Gasteiger partial charge in [-0.1, -0.05) is 58.9 Å². The molecule has 0 saturated heterocycles. The van der Waals surface area contributed by atoms with Crippen LogP contribution < -0.4 is 0 Å². The highest BCUT2D eigenvalue weighted by Crippen LogP contribution is 2.32. The summed E-state index contributed by atoms with van der Waals surface area (Å²) in [4.78, 5) is 11.5. The number of hydrogen-bond acceptors (Lipinski definition) is 1. The molecule has 1 aromatic rings. The summed E-state index contributed by atoms with van der Waals surface area (Å²) in [5, 5.41) is 9.47. The third-order valence-electron chi connectivity index (χ3n) is 4.17. The van der Waals surface area contributed by atoms with Crippen LogP contribution in [0.3, 0.4) is 0 Å². The van der Waals surface area contributed by atoms with Crippen molar-refractivity contribution in [3.63, 3.8) is 0 Å². The molecule has 2 heteroatoms. The maximum atomic E-state index is 11.5. The minimum absolute atomic E-state index is 0.137. The molecule has 0 aliphatic carbocycles. The van der Waals surface area contributed by atoms with Crippen molar-refractivity contribution in [3.8, 4) is 0 Å². The van der Waals surface area contributed by atoms with Gasteiger partial charge in [0, 0.05) is 0 Å². The van der Waals surface area contributed by atoms with E-state index in [1.54, 1.807) is 0 Å². The standard InChI is InChI=1S/C17H26O2/c1-6-17(7-2,15(18)19)12-13-8-10-14(11-9-13)16(3,4)5/h8-11H,6-7,12H2,1-5H3,(H,18,19). The fourth-order valence-electron chi connectivity index (χ4n) is 2.39. The molecule has 0 aliphatic rings. The van der Waals surface area contributed by atoms with Gasteiger partial charge in [-0.25, -0.2) is 0 Å². The van der Waals surface area contributed by atoms with Gasteiger partial charge < -0.3 is 5.11 Å². The van der Waals surface area contributed by atoms with Crippen LogP contribution in [0.25, 0.3) is 0 Å². The second-order valence-corrected chi connectivity index (χ2v) is 6.42. The fraction of sp³-hybridized carbons (Fsp3) is 0.588. The number of carboxylic acid groups (broad SMARTS) is 1. The number of aliphatic carboxylic acids is 1. The zero-order valence-corrected chi connectivity index (χ0v) is 12.8. The summed E-state index contributed by atoms with van der Waals surface area (Å²) in [6, 6.07) is 8.38. The maximum absolute atomic E-state index is 11.5. The van der Waals surface area contributed by atoms with Crippen molar-refractivity contribution in [3.05, 3.63) is 35.4 Å². The Balaban J connectivity index is 2.96. The van der Waals surface area contributed by atoms with Gasteiger partial charge in [-0.15, -0.1) is 0 Å². The molecule has 0 heterocycles. The van der Waals surface area contributed by atoms with E-state index in [4.69, 9.17) is 0 Å². The van der Waals surface area contributed by atoms with Gasteiger partial charge in [0.15, 0.2) is 0 Å². The lowest BCUT2D eigenvalue weighted by molar-refractivity contribution is -0.149. The molecule has 0 bridgehead atoms. The van der Waals surface area contributed by atoms with Gasteiger partial charge in [0.2, 0.25) is 0 Å². The van der Waals surface area contributed by atoms with E-state index in [0.29, 0.717) is 19.3 Å². The molecular formula is C17H26O2. The van der Waals surface area contributed by atoms with Gasteiger partial charge in [-0.05, 0) is 35.8 Å². The molecule has 1 aromatic carbocycles. The quantitative estimate of drug-likeness (QED) is 0.853. The van der Waals surface area contributed by atoms with E-state index in [2.05, 4.69) is 45.0 Å². The van der Waals surface area contributed by atoms with E-state index in [1.165, 1.54) is 5.56 Å². The minimum atomic E-state index is -0.683. The monoisotopic (exact) mass is 262 g/mol. The van der Waals surface area contributed by atoms with Crippen LogP contribution in [-0.4, -0.2) is 11.1 Å². The van der Waals surface area contributed by atoms with Gasteiger partial charge in [0.25, 0.3) is 0 Å². The van der Waals surface area contributed by atoms with Crippen LogP contribution in [0.4, 0.5) is 0 Å². The number of benzene rings is 1. The van der Waals surface area contributed by atoms with E-state index in [9.17, 15) is 9.90 Å². The van der Waals surface area contributed by atoms with Gasteiger partial charge in [-0.3, -0.25) is 4.79 Å². The van der Waals surface area contributed by atoms with E-state index < -0.39 is 11.4 Å². The summed E-state index contributed by atoms with van der Waals surface area (Å²) >= 11 is 0. The van der Waals surface area contributed by atoms with E-state index >= 15 is 0 Å². The van der Waals surface area contributed by atoms with Crippen LogP contribution in [0.15, 0.2) is 24.3 Å². The minimum Gasteiger partial charge on any atom is -0.481 e. The fourth-order valence-corrected chi connectivity index (χ4v) is 2.39. The molecule has 106 valence electrons. The van der Waals surface area contributed by atoms with Gasteiger partial charge in [0.05, 0.1) is 5.41 Å². The molecule has 0 saturated carbocycles. The van der Waals surface area contributed by atoms with Crippen molar-refractivity contribution in [2.24, 2.45) is 5.41 Å². The number of hydrogen-bond donors (Lipinski definition) is 1. The smallest absolute Gasteiger partial charge is 0.309 e. The molecule has 1 rings (SSSR count). The molecule has 0 spiro atoms. The van der Waals surface area contributed by atoms with Crippen LogP contribution in [-0.2, 0) is 16.6 Å². The molecule has 0 aliphatic heterocycles. The summed E-state index contributed by atoms with van der Waals surface area (Å²) in [5.74, 6) is -0.683. The summed E-state index contributed by atoms with van der Waals surface area (Å²) in [5.41, 5.74) is 1.91. The highest BCUT2D eigenvalue weighted by atomic mass is 16.4. The first-order valence-electron chi connectivity index (χ1n) is 7.08. The Labute approximate surface area is 116 Å². The molecule has 0 unspecified atom stereocenters. The third-order valence-corrected chi connectivity index (χ3v) is 4.17. The largest absolute Gasteiger partial charge is 0.481 e. The lowest BCUT2D eigenvalue weighted by Crippen LogP contribution is -2.32. The van der Waals surface area contributed by atoms with Gasteiger partial charge in [0.1, 0.15) is 0 Å². The number of rotatable bonds is 5. The molecule has 0 radical (unpaired) electrons. The topological polar surface area (TPSA) is 37.3 Å². The Bertz CT molecular complexity index is 420. The van der Waals surface area contributed by atoms with Crippen LogP contribution >= 0.6 is 0 Å². The Hall–Kier alpha value is -1.31. The Morgan fingerprint density at radius 1 is 1.05 bits per heavy atom. The third kappa shape index (κ3) is 3.59. The average molecular weight is 262 g/mol. The molecule has 0 aromatic heterocycles. The SMILES string of the molecule is CCC(CC)(Cc1ccc(C(C)(C)C)cc1)C(=O)O. The van der Waals surface area contributed by atoms with Crippen molar-refractivity contribution in [1.82, 2.24) is 0 Å². The van der Waals surface area contributed by atoms with Crippen molar-refractivity contribution < 1.29 is 9.90 Å². The first kappa shape index (κ1) is 15.7. The molecule has 2 nitrogen and oxygen atoms in total. The molecule has 19 heavy (non-hydrogen) atoms. The van der Waals surface area contributed by atoms with E-state index in [0.717, 1.165) is 5.56 Å². The lowest BCUT2D eigenvalue weighted by Gasteiger charge is -2.27. The predicted molar refractivity (Wildman–Crippen MR) is 79.5 cm³/mol. The predicted octanol–water partition coefficient (Wildman–Crippen LogP) is 4.42. The summed E-state index contributed by atoms with van der Waals surface area (Å²) in [7, 11) is 0. The van der Waals surface area contributed by atoms with Crippen LogP contribution in [0.2, 0.25) is 0 Å². The van der Waals surface area contributed by atoms with Crippen LogP contribution in [0.1, 0.15) is 58.6 Å². The van der Waals surface area contributed by atoms with Crippen molar-refractivity contribution in [2.45, 2.75) is 59.3 Å². The summed E-state index contributed by atoms with van der Waals surface area (Å²) < 4.78 is 0. The molecular weight excluding hydrogens is 236 g/mol. The van der Waals surface area contributed by atoms with Crippen molar-refractivity contribution >= 4 is 5.97 Å². The van der Waals surface area contributed by atoms with E-state index in [1.807, 2.05) is 13.8 Å². The van der Waals surface area contributed by atoms with Crippen LogP contribution in [0.5, 0.6) is 0 Å². The summed E-state index contributed by atoms with van der Waals surface area (Å²) in [6.45, 7) is 10.5. The van der Waals surface area contributed by atoms with Crippen molar-refractivity contribution in [1.29, 1.82) is 0 Å². The Morgan fingerprint density at radius 2 is 1.53 bits per heavy atom. The Kier molecular flexibility index (Phi) is 4.78. The first-order valence-corrected chi connectivity index (χ1v) is 7.08. The maximum Gasteiger partial charge on any atom is 0.309 e. The molecule has 0 atom stereocenters. The molecule has 0 amide bonds. The van der Waals surface area contributed by atoms with Crippen LogP contribution in [0, 0.1) is 5.41 Å². The lowest BCUT2D eigenvalue weighted by atomic mass is 9.76. The zero-order valence-electron chi connectivity index (χ0n) is 12.8. The normalized spacial score (nSPS) is 12.5. The second-order valence-electron chi connectivity index (χ2n) is 6.42. The number of carbonyl (C=O) groups is 1. The van der Waals surface area contributed by atoms with Crippen molar-refractivity contribution in [2.75, 3.05) is 0 Å². The first-order chi connectivity index (χ1) is 8.75. The molecule has 0 fully saturated rings. The summed E-state index contributed by atoms with van der Waals surface area (Å²) in [6.07, 6.45) is 1.94. The van der Waals surface area contributed by atoms with Gasteiger partial charge >= 0.3 is 5.97 Å². The second kappa shape index (κ2) is 5.77. The highest BCUT2D eigenvalue weighted by Gasteiger charge is 2.34. The average Bonchev–Trinajstić information content (AvgIpc) is 2.35. The zero-order chi connectivity index (χ0) is 14.7. The van der Waals surface area contributed by atoms with E-state index in [-0.39, 0.29) is 5.41 Å². The molecule has 1 N–H and O–H groups in total. The Morgan fingerprint density at radius 3 is 1.84 bits per heavy atom. The highest BCUT2D eigenvalue weighted by molar-refractivity contribution is 5.75. The number of carboxylic acids is 1. The van der Waals surface area contributed by atoms with Gasteiger partial charge in [-0.2, -0.15) is 0 Å².